The summed E-state index contributed by atoms with van der Waals surface area (Å²) in [6.45, 7) is 11.1. The first-order valence-electron chi connectivity index (χ1n) is 9.38. The molecule has 0 aliphatic rings. The number of carbonyl (C=O) groups is 1. The number of pyridine rings is 1. The highest BCUT2D eigenvalue weighted by Gasteiger charge is 2.18. The second kappa shape index (κ2) is 8.49. The zero-order chi connectivity index (χ0) is 20.3. The van der Waals surface area contributed by atoms with Crippen molar-refractivity contribution in [3.8, 4) is 6.07 Å². The van der Waals surface area contributed by atoms with E-state index in [1.165, 1.54) is 11.8 Å². The van der Waals surface area contributed by atoms with Crippen molar-refractivity contribution >= 4 is 34.3 Å². The number of amides is 1. The monoisotopic (exact) mass is 392 g/mol. The summed E-state index contributed by atoms with van der Waals surface area (Å²) in [5, 5.41) is 10.6. The number of likely N-dealkylation sites (N-methyl/N-ethyl adjacent to an activating group) is 1. The minimum Gasteiger partial charge on any atom is -0.338 e. The molecule has 0 N–H and O–H groups in total. The van der Waals surface area contributed by atoms with Crippen molar-refractivity contribution in [2.24, 2.45) is 0 Å². The molecule has 0 atom stereocenters. The van der Waals surface area contributed by atoms with Crippen LogP contribution in [0, 0.1) is 11.3 Å². The largest absolute Gasteiger partial charge is 0.338 e. The number of imidazole rings is 1. The fourth-order valence-corrected chi connectivity index (χ4v) is 4.28. The van der Waals surface area contributed by atoms with E-state index in [-0.39, 0.29) is 5.91 Å². The van der Waals surface area contributed by atoms with Gasteiger partial charge in [-0.1, -0.05) is 43.0 Å². The summed E-state index contributed by atoms with van der Waals surface area (Å²) in [5.41, 5.74) is 4.97. The second-order valence-electron chi connectivity index (χ2n) is 6.76. The Bertz CT molecular complexity index is 1090. The number of carbonyl (C=O) groups excluding carboxylic acids is 1. The van der Waals surface area contributed by atoms with Crippen molar-refractivity contribution in [3.63, 3.8) is 0 Å². The highest BCUT2D eigenvalue weighted by Crippen LogP contribution is 2.30. The predicted octanol–water partition coefficient (Wildman–Crippen LogP) is 4.44. The van der Waals surface area contributed by atoms with Gasteiger partial charge < -0.3 is 4.90 Å². The topological polar surface area (TPSA) is 61.4 Å². The molecule has 3 rings (SSSR count). The molecule has 0 saturated heterocycles. The van der Waals surface area contributed by atoms with Crippen molar-refractivity contribution in [3.05, 3.63) is 53.6 Å². The Morgan fingerprint density at radius 3 is 2.75 bits per heavy atom. The number of thioether (sulfide) groups is 1. The summed E-state index contributed by atoms with van der Waals surface area (Å²) in [5.74, 6) is 0.410. The SMILES string of the molecule is C=C(C)CN(CC)C(=O)CSc1cc(CC)c(C#N)c2nc3ccccc3n12. The quantitative estimate of drug-likeness (QED) is 0.441. The number of aromatic nitrogens is 2. The van der Waals surface area contributed by atoms with Crippen LogP contribution in [0.15, 0.2) is 47.5 Å². The lowest BCUT2D eigenvalue weighted by molar-refractivity contribution is -0.127. The average Bonchev–Trinajstić information content (AvgIpc) is 3.08. The molecular formula is C22H24N4OS. The van der Waals surface area contributed by atoms with Gasteiger partial charge in [-0.05, 0) is 44.0 Å². The molecule has 1 aromatic carbocycles. The Hall–Kier alpha value is -2.78. The molecule has 5 nitrogen and oxygen atoms in total. The van der Waals surface area contributed by atoms with Crippen LogP contribution in [0.25, 0.3) is 16.7 Å². The third-order valence-corrected chi connectivity index (χ3v) is 5.64. The van der Waals surface area contributed by atoms with Crippen molar-refractivity contribution in [1.29, 1.82) is 5.26 Å². The molecule has 6 heteroatoms. The molecule has 0 aliphatic heterocycles. The van der Waals surface area contributed by atoms with Crippen LogP contribution in [0.3, 0.4) is 0 Å². The number of rotatable bonds is 7. The van der Waals surface area contributed by atoms with E-state index in [1.54, 1.807) is 0 Å². The zero-order valence-electron chi connectivity index (χ0n) is 16.5. The second-order valence-corrected chi connectivity index (χ2v) is 7.76. The van der Waals surface area contributed by atoms with Gasteiger partial charge in [0.1, 0.15) is 6.07 Å². The third-order valence-electron chi connectivity index (χ3n) is 4.66. The molecule has 0 radical (unpaired) electrons. The van der Waals surface area contributed by atoms with E-state index >= 15 is 0 Å². The van der Waals surface area contributed by atoms with Crippen LogP contribution in [-0.4, -0.2) is 39.0 Å². The van der Waals surface area contributed by atoms with Gasteiger partial charge in [-0.25, -0.2) is 4.98 Å². The lowest BCUT2D eigenvalue weighted by Crippen LogP contribution is -2.33. The van der Waals surface area contributed by atoms with Crippen molar-refractivity contribution in [2.45, 2.75) is 32.2 Å². The van der Waals surface area contributed by atoms with Gasteiger partial charge in [0, 0.05) is 13.1 Å². The van der Waals surface area contributed by atoms with Gasteiger partial charge in [-0.3, -0.25) is 9.20 Å². The van der Waals surface area contributed by atoms with Crippen LogP contribution in [0.4, 0.5) is 0 Å². The molecule has 0 bridgehead atoms. The number of hydrogen-bond donors (Lipinski definition) is 0. The van der Waals surface area contributed by atoms with Gasteiger partial charge in [0.2, 0.25) is 5.91 Å². The number of nitriles is 1. The molecule has 1 amide bonds. The summed E-state index contributed by atoms with van der Waals surface area (Å²) in [6.07, 6.45) is 0.737. The van der Waals surface area contributed by atoms with E-state index in [0.717, 1.165) is 33.6 Å². The standard InChI is InChI=1S/C22H24N4OS/c1-5-16-11-21(28-14-20(27)25(6-2)13-15(3)4)26-19-10-8-7-9-18(19)24-22(26)17(16)12-23/h7-11H,3,5-6,13-14H2,1-2,4H3. The maximum atomic E-state index is 12.7. The first kappa shape index (κ1) is 20.0. The van der Waals surface area contributed by atoms with E-state index in [1.807, 2.05) is 60.4 Å². The van der Waals surface area contributed by atoms with Gasteiger partial charge in [-0.15, -0.1) is 0 Å². The van der Waals surface area contributed by atoms with E-state index in [4.69, 9.17) is 4.98 Å². The third kappa shape index (κ3) is 3.76. The van der Waals surface area contributed by atoms with Crippen LogP contribution in [0.5, 0.6) is 0 Å². The van der Waals surface area contributed by atoms with Crippen LogP contribution in [-0.2, 0) is 11.2 Å². The first-order valence-corrected chi connectivity index (χ1v) is 10.4. The van der Waals surface area contributed by atoms with Crippen LogP contribution < -0.4 is 0 Å². The van der Waals surface area contributed by atoms with Crippen molar-refractivity contribution < 1.29 is 4.79 Å². The maximum absolute atomic E-state index is 12.7. The summed E-state index contributed by atoms with van der Waals surface area (Å²) in [4.78, 5) is 19.2. The number of hydrogen-bond acceptors (Lipinski definition) is 4. The number of para-hydroxylation sites is 2. The van der Waals surface area contributed by atoms with E-state index in [9.17, 15) is 10.1 Å². The van der Waals surface area contributed by atoms with Crippen LogP contribution >= 0.6 is 11.8 Å². The smallest absolute Gasteiger partial charge is 0.233 e. The van der Waals surface area contributed by atoms with Crippen LogP contribution in [0.2, 0.25) is 0 Å². The fourth-order valence-electron chi connectivity index (χ4n) is 3.28. The highest BCUT2D eigenvalue weighted by atomic mass is 32.2. The molecule has 2 heterocycles. The zero-order valence-corrected chi connectivity index (χ0v) is 17.3. The van der Waals surface area contributed by atoms with Crippen molar-refractivity contribution in [2.75, 3.05) is 18.8 Å². The van der Waals surface area contributed by atoms with Gasteiger partial charge >= 0.3 is 0 Å². The summed E-state index contributed by atoms with van der Waals surface area (Å²) >= 11 is 1.49. The predicted molar refractivity (Wildman–Crippen MR) is 115 cm³/mol. The maximum Gasteiger partial charge on any atom is 0.233 e. The lowest BCUT2D eigenvalue weighted by atomic mass is 10.1. The van der Waals surface area contributed by atoms with E-state index < -0.39 is 0 Å². The van der Waals surface area contributed by atoms with Gasteiger partial charge in [0.15, 0.2) is 5.65 Å². The number of nitrogens with zero attached hydrogens (tertiary/aromatic N) is 4. The Labute approximate surface area is 169 Å². The number of aryl methyl sites for hydroxylation is 1. The lowest BCUT2D eigenvalue weighted by Gasteiger charge is -2.21. The summed E-state index contributed by atoms with van der Waals surface area (Å²) in [7, 11) is 0. The molecule has 0 saturated carbocycles. The minimum absolute atomic E-state index is 0.0791. The average molecular weight is 393 g/mol. The van der Waals surface area contributed by atoms with Gasteiger partial charge in [0.05, 0.1) is 27.4 Å². The molecule has 0 unspecified atom stereocenters. The molecule has 144 valence electrons. The number of benzene rings is 1. The minimum atomic E-state index is 0.0791. The normalized spacial score (nSPS) is 10.9. The molecule has 0 spiro atoms. The Kier molecular flexibility index (Phi) is 6.05. The Balaban J connectivity index is 2.04. The molecule has 0 fully saturated rings. The first-order chi connectivity index (χ1) is 13.5. The molecule has 0 aliphatic carbocycles. The number of fused-ring (bicyclic) bond motifs is 3. The fraction of sp³-hybridized carbons (Fsp3) is 0.318. The van der Waals surface area contributed by atoms with Crippen molar-refractivity contribution in [1.82, 2.24) is 14.3 Å². The van der Waals surface area contributed by atoms with E-state index in [2.05, 4.69) is 12.6 Å². The van der Waals surface area contributed by atoms with Gasteiger partial charge in [0.25, 0.3) is 0 Å². The summed E-state index contributed by atoms with van der Waals surface area (Å²) < 4.78 is 2.00. The van der Waals surface area contributed by atoms with Gasteiger partial charge in [-0.2, -0.15) is 5.26 Å². The highest BCUT2D eigenvalue weighted by molar-refractivity contribution is 7.99. The van der Waals surface area contributed by atoms with E-state index in [0.29, 0.717) is 30.1 Å². The molecule has 2 aromatic heterocycles. The Morgan fingerprint density at radius 2 is 2.11 bits per heavy atom. The molecular weight excluding hydrogens is 368 g/mol. The summed E-state index contributed by atoms with van der Waals surface area (Å²) in [6, 6.07) is 12.2. The molecule has 3 aromatic rings. The van der Waals surface area contributed by atoms with Crippen LogP contribution in [0.1, 0.15) is 31.9 Å². The Morgan fingerprint density at radius 1 is 1.36 bits per heavy atom. The molecule has 28 heavy (non-hydrogen) atoms.